The molecule has 0 aromatic carbocycles. The van der Waals surface area contributed by atoms with E-state index in [1.165, 1.54) is 37.9 Å². The molecule has 0 spiro atoms. The van der Waals surface area contributed by atoms with E-state index in [-0.39, 0.29) is 6.10 Å². The van der Waals surface area contributed by atoms with E-state index in [0.29, 0.717) is 5.25 Å². The molecular weight excluding hydrogens is 168 g/mol. The second-order valence-corrected chi connectivity index (χ2v) is 4.96. The van der Waals surface area contributed by atoms with Gasteiger partial charge in [-0.3, -0.25) is 0 Å². The first-order valence-electron chi connectivity index (χ1n) is 5.14. The number of rotatable bonds is 5. The molecule has 1 aliphatic rings. The Morgan fingerprint density at radius 3 is 2.75 bits per heavy atom. The molecule has 0 aliphatic heterocycles. The van der Waals surface area contributed by atoms with Gasteiger partial charge in [-0.05, 0) is 31.4 Å². The van der Waals surface area contributed by atoms with Crippen LogP contribution in [0.2, 0.25) is 0 Å². The van der Waals surface area contributed by atoms with E-state index in [1.807, 2.05) is 11.8 Å². The van der Waals surface area contributed by atoms with Gasteiger partial charge in [-0.25, -0.2) is 0 Å². The zero-order valence-electron chi connectivity index (χ0n) is 7.96. The highest BCUT2D eigenvalue weighted by molar-refractivity contribution is 7.99. The fourth-order valence-electron chi connectivity index (χ4n) is 1.69. The second kappa shape index (κ2) is 5.87. The highest BCUT2D eigenvalue weighted by Gasteiger charge is 2.24. The first-order valence-corrected chi connectivity index (χ1v) is 6.19. The Morgan fingerprint density at radius 1 is 1.33 bits per heavy atom. The Bertz CT molecular complexity index is 116. The minimum atomic E-state index is -0.00312. The molecule has 12 heavy (non-hydrogen) atoms. The van der Waals surface area contributed by atoms with Crippen molar-refractivity contribution in [3.8, 4) is 0 Å². The van der Waals surface area contributed by atoms with Gasteiger partial charge in [0.2, 0.25) is 0 Å². The number of hydrogen-bond donors (Lipinski definition) is 1. The summed E-state index contributed by atoms with van der Waals surface area (Å²) in [5.41, 5.74) is 0. The molecule has 0 radical (unpaired) electrons. The van der Waals surface area contributed by atoms with Crippen molar-refractivity contribution in [2.75, 3.05) is 5.75 Å². The average Bonchev–Trinajstić information content (AvgIpc) is 2.46. The third-order valence-corrected chi connectivity index (χ3v) is 4.00. The number of unbranched alkanes of at least 4 members (excludes halogenated alkanes) is 2. The predicted molar refractivity (Wildman–Crippen MR) is 55.6 cm³/mol. The van der Waals surface area contributed by atoms with Crippen molar-refractivity contribution in [3.05, 3.63) is 0 Å². The summed E-state index contributed by atoms with van der Waals surface area (Å²) in [6, 6.07) is 0. The van der Waals surface area contributed by atoms with Crippen molar-refractivity contribution in [1.29, 1.82) is 0 Å². The summed E-state index contributed by atoms with van der Waals surface area (Å²) in [5.74, 6) is 1.25. The Kier molecular flexibility index (Phi) is 5.08. The summed E-state index contributed by atoms with van der Waals surface area (Å²) >= 11 is 1.98. The highest BCUT2D eigenvalue weighted by atomic mass is 32.2. The molecule has 0 bridgehead atoms. The Morgan fingerprint density at radius 2 is 2.17 bits per heavy atom. The molecule has 0 saturated heterocycles. The maximum absolute atomic E-state index is 9.52. The topological polar surface area (TPSA) is 20.2 Å². The van der Waals surface area contributed by atoms with Crippen molar-refractivity contribution in [2.45, 2.75) is 56.8 Å². The minimum Gasteiger partial charge on any atom is -0.392 e. The Labute approximate surface area is 79.9 Å². The summed E-state index contributed by atoms with van der Waals surface area (Å²) in [5, 5.41) is 10.1. The fourth-order valence-corrected chi connectivity index (χ4v) is 3.05. The van der Waals surface area contributed by atoms with Crippen LogP contribution in [0.4, 0.5) is 0 Å². The normalized spacial score (nSPS) is 29.5. The van der Waals surface area contributed by atoms with Crippen LogP contribution in [0.5, 0.6) is 0 Å². The van der Waals surface area contributed by atoms with Gasteiger partial charge in [-0.2, -0.15) is 11.8 Å². The van der Waals surface area contributed by atoms with E-state index >= 15 is 0 Å². The summed E-state index contributed by atoms with van der Waals surface area (Å²) in [4.78, 5) is 0. The highest BCUT2D eigenvalue weighted by Crippen LogP contribution is 2.30. The van der Waals surface area contributed by atoms with E-state index in [4.69, 9.17) is 0 Å². The van der Waals surface area contributed by atoms with E-state index < -0.39 is 0 Å². The lowest BCUT2D eigenvalue weighted by molar-refractivity contribution is 0.188. The summed E-state index contributed by atoms with van der Waals surface area (Å²) in [7, 11) is 0. The first kappa shape index (κ1) is 10.4. The van der Waals surface area contributed by atoms with Gasteiger partial charge in [0.1, 0.15) is 0 Å². The molecule has 1 rings (SSSR count). The smallest absolute Gasteiger partial charge is 0.0658 e. The van der Waals surface area contributed by atoms with Crippen LogP contribution < -0.4 is 0 Å². The van der Waals surface area contributed by atoms with Crippen LogP contribution in [0.15, 0.2) is 0 Å². The Balaban J connectivity index is 1.98. The molecule has 1 saturated carbocycles. The molecule has 1 fully saturated rings. The fraction of sp³-hybridized carbons (Fsp3) is 1.00. The summed E-state index contributed by atoms with van der Waals surface area (Å²) in [6.45, 7) is 2.23. The van der Waals surface area contributed by atoms with Crippen LogP contribution in [-0.2, 0) is 0 Å². The van der Waals surface area contributed by atoms with Crippen LogP contribution in [0.1, 0.15) is 45.4 Å². The molecule has 2 heteroatoms. The van der Waals surface area contributed by atoms with Gasteiger partial charge in [-0.15, -0.1) is 0 Å². The van der Waals surface area contributed by atoms with Gasteiger partial charge in [0.05, 0.1) is 6.10 Å². The minimum absolute atomic E-state index is 0.00312. The SMILES string of the molecule is CCCCCSC1CCCC1O. The third kappa shape index (κ3) is 3.36. The molecule has 72 valence electrons. The van der Waals surface area contributed by atoms with Gasteiger partial charge in [0, 0.05) is 5.25 Å². The van der Waals surface area contributed by atoms with Crippen LogP contribution in [-0.4, -0.2) is 22.2 Å². The molecule has 1 N–H and O–H groups in total. The summed E-state index contributed by atoms with van der Waals surface area (Å²) in [6.07, 6.45) is 7.46. The van der Waals surface area contributed by atoms with Crippen molar-refractivity contribution in [3.63, 3.8) is 0 Å². The van der Waals surface area contributed by atoms with Crippen molar-refractivity contribution in [2.24, 2.45) is 0 Å². The first-order chi connectivity index (χ1) is 5.84. The number of hydrogen-bond acceptors (Lipinski definition) is 2. The second-order valence-electron chi connectivity index (χ2n) is 3.61. The third-order valence-electron chi connectivity index (χ3n) is 2.50. The summed E-state index contributed by atoms with van der Waals surface area (Å²) < 4.78 is 0. The maximum Gasteiger partial charge on any atom is 0.0658 e. The van der Waals surface area contributed by atoms with Gasteiger partial charge < -0.3 is 5.11 Å². The number of thioether (sulfide) groups is 1. The maximum atomic E-state index is 9.52. The van der Waals surface area contributed by atoms with Crippen molar-refractivity contribution >= 4 is 11.8 Å². The molecule has 0 amide bonds. The van der Waals surface area contributed by atoms with Gasteiger partial charge in [0.25, 0.3) is 0 Å². The van der Waals surface area contributed by atoms with Gasteiger partial charge >= 0.3 is 0 Å². The van der Waals surface area contributed by atoms with Gasteiger partial charge in [0.15, 0.2) is 0 Å². The quantitative estimate of drug-likeness (QED) is 0.669. The van der Waals surface area contributed by atoms with Crippen LogP contribution >= 0.6 is 11.8 Å². The van der Waals surface area contributed by atoms with E-state index in [2.05, 4.69) is 6.92 Å². The van der Waals surface area contributed by atoms with Crippen LogP contribution in [0, 0.1) is 0 Å². The molecule has 2 unspecified atom stereocenters. The predicted octanol–water partition coefficient (Wildman–Crippen LogP) is 2.82. The zero-order chi connectivity index (χ0) is 8.81. The molecule has 1 aliphatic carbocycles. The Hall–Kier alpha value is 0.310. The molecule has 1 nitrogen and oxygen atoms in total. The lowest BCUT2D eigenvalue weighted by Gasteiger charge is -2.13. The van der Waals surface area contributed by atoms with Crippen molar-refractivity contribution in [1.82, 2.24) is 0 Å². The van der Waals surface area contributed by atoms with Crippen molar-refractivity contribution < 1.29 is 5.11 Å². The monoisotopic (exact) mass is 188 g/mol. The molecule has 0 aromatic heterocycles. The van der Waals surface area contributed by atoms with E-state index in [9.17, 15) is 5.11 Å². The van der Waals surface area contributed by atoms with Crippen LogP contribution in [0.3, 0.4) is 0 Å². The largest absolute Gasteiger partial charge is 0.392 e. The molecule has 0 aromatic rings. The average molecular weight is 188 g/mol. The molecule has 0 heterocycles. The molecule has 2 atom stereocenters. The van der Waals surface area contributed by atoms with Gasteiger partial charge in [-0.1, -0.05) is 19.8 Å². The number of aliphatic hydroxyl groups excluding tert-OH is 1. The number of aliphatic hydroxyl groups is 1. The molecular formula is C10H20OS. The lowest BCUT2D eigenvalue weighted by atomic mass is 10.3. The van der Waals surface area contributed by atoms with E-state index in [0.717, 1.165) is 6.42 Å². The zero-order valence-corrected chi connectivity index (χ0v) is 8.78. The lowest BCUT2D eigenvalue weighted by Crippen LogP contribution is -2.15. The van der Waals surface area contributed by atoms with E-state index in [1.54, 1.807) is 0 Å². The standard InChI is InChI=1S/C10H20OS/c1-2-3-4-8-12-10-7-5-6-9(10)11/h9-11H,2-8H2,1H3. The van der Waals surface area contributed by atoms with Crippen LogP contribution in [0.25, 0.3) is 0 Å².